The Balaban J connectivity index is 1.97. The lowest BCUT2D eigenvalue weighted by molar-refractivity contribution is 0.0660. The molecular formula is C14H12O4S. The van der Waals surface area contributed by atoms with Crippen LogP contribution in [-0.4, -0.2) is 16.9 Å². The standard InChI is InChI=1S/C14H12O4S/c1-9(15)10-2-5-12(6-3-10)19-8-11-4-7-13(18-11)14(16)17/h2-7H,8H2,1H3,(H,16,17). The van der Waals surface area contributed by atoms with Gasteiger partial charge in [0.25, 0.3) is 0 Å². The van der Waals surface area contributed by atoms with E-state index in [0.717, 1.165) is 4.90 Å². The number of hydrogen-bond acceptors (Lipinski definition) is 4. The molecule has 5 heteroatoms. The summed E-state index contributed by atoms with van der Waals surface area (Å²) in [5, 5.41) is 8.73. The molecule has 1 aromatic heterocycles. The number of ketones is 1. The Kier molecular flexibility index (Phi) is 4.06. The van der Waals surface area contributed by atoms with Crippen LogP contribution < -0.4 is 0 Å². The van der Waals surface area contributed by atoms with Gasteiger partial charge in [0.1, 0.15) is 5.76 Å². The molecule has 0 saturated carbocycles. The lowest BCUT2D eigenvalue weighted by Gasteiger charge is -2.00. The maximum atomic E-state index is 11.1. The van der Waals surface area contributed by atoms with Gasteiger partial charge in [-0.05, 0) is 31.2 Å². The minimum absolute atomic E-state index is 0.0358. The third kappa shape index (κ3) is 3.48. The topological polar surface area (TPSA) is 67.5 Å². The summed E-state index contributed by atoms with van der Waals surface area (Å²) in [6.45, 7) is 1.53. The van der Waals surface area contributed by atoms with Crippen molar-refractivity contribution in [2.75, 3.05) is 0 Å². The van der Waals surface area contributed by atoms with Gasteiger partial charge in [0.15, 0.2) is 5.78 Å². The highest BCUT2D eigenvalue weighted by Crippen LogP contribution is 2.24. The van der Waals surface area contributed by atoms with Crippen molar-refractivity contribution in [3.05, 3.63) is 53.5 Å². The Labute approximate surface area is 114 Å². The molecule has 1 heterocycles. The van der Waals surface area contributed by atoms with Gasteiger partial charge in [-0.3, -0.25) is 4.79 Å². The molecule has 0 aliphatic carbocycles. The number of carbonyl (C=O) groups is 2. The Morgan fingerprint density at radius 1 is 1.16 bits per heavy atom. The van der Waals surface area contributed by atoms with Crippen molar-refractivity contribution < 1.29 is 19.1 Å². The number of carboxylic acid groups (broad SMARTS) is 1. The van der Waals surface area contributed by atoms with Crippen LogP contribution in [0.2, 0.25) is 0 Å². The monoisotopic (exact) mass is 276 g/mol. The highest BCUT2D eigenvalue weighted by atomic mass is 32.2. The molecule has 0 aliphatic heterocycles. The number of carbonyl (C=O) groups excluding carboxylic acids is 1. The molecule has 0 fully saturated rings. The van der Waals surface area contributed by atoms with Crippen LogP contribution in [0.15, 0.2) is 45.7 Å². The molecule has 98 valence electrons. The second kappa shape index (κ2) is 5.75. The van der Waals surface area contributed by atoms with Crippen LogP contribution in [0.25, 0.3) is 0 Å². The second-order valence-corrected chi connectivity index (χ2v) is 4.99. The van der Waals surface area contributed by atoms with E-state index in [-0.39, 0.29) is 11.5 Å². The summed E-state index contributed by atoms with van der Waals surface area (Å²) in [6.07, 6.45) is 0. The first-order chi connectivity index (χ1) is 9.06. The Bertz CT molecular complexity index is 598. The molecule has 0 radical (unpaired) electrons. The smallest absolute Gasteiger partial charge is 0.371 e. The minimum atomic E-state index is -1.07. The van der Waals surface area contributed by atoms with Crippen molar-refractivity contribution >= 4 is 23.5 Å². The molecule has 0 saturated heterocycles. The summed E-state index contributed by atoms with van der Waals surface area (Å²) >= 11 is 1.52. The fourth-order valence-electron chi connectivity index (χ4n) is 1.51. The molecule has 0 bridgehead atoms. The number of aromatic carboxylic acids is 1. The van der Waals surface area contributed by atoms with Gasteiger partial charge >= 0.3 is 5.97 Å². The van der Waals surface area contributed by atoms with E-state index in [1.54, 1.807) is 18.2 Å². The van der Waals surface area contributed by atoms with Crippen molar-refractivity contribution in [3.63, 3.8) is 0 Å². The maximum Gasteiger partial charge on any atom is 0.371 e. The summed E-state index contributed by atoms with van der Waals surface area (Å²) in [5.74, 6) is 0.0727. The largest absolute Gasteiger partial charge is 0.475 e. The fraction of sp³-hybridized carbons (Fsp3) is 0.143. The van der Waals surface area contributed by atoms with E-state index in [1.165, 1.54) is 24.8 Å². The van der Waals surface area contributed by atoms with Gasteiger partial charge in [0, 0.05) is 10.5 Å². The lowest BCUT2D eigenvalue weighted by atomic mass is 10.2. The van der Waals surface area contributed by atoms with Crippen molar-refractivity contribution in [3.8, 4) is 0 Å². The van der Waals surface area contributed by atoms with Crippen molar-refractivity contribution in [2.24, 2.45) is 0 Å². The first-order valence-electron chi connectivity index (χ1n) is 5.62. The van der Waals surface area contributed by atoms with E-state index in [9.17, 15) is 9.59 Å². The molecule has 0 atom stereocenters. The highest BCUT2D eigenvalue weighted by molar-refractivity contribution is 7.98. The van der Waals surface area contributed by atoms with Gasteiger partial charge < -0.3 is 9.52 Å². The number of thioether (sulfide) groups is 1. The predicted molar refractivity (Wildman–Crippen MR) is 71.7 cm³/mol. The zero-order valence-corrected chi connectivity index (χ0v) is 11.1. The SMILES string of the molecule is CC(=O)c1ccc(SCc2ccc(C(=O)O)o2)cc1. The van der Waals surface area contributed by atoms with Gasteiger partial charge in [-0.15, -0.1) is 11.8 Å². The van der Waals surface area contributed by atoms with Crippen molar-refractivity contribution in [1.29, 1.82) is 0 Å². The third-order valence-electron chi connectivity index (χ3n) is 2.51. The average Bonchev–Trinajstić information content (AvgIpc) is 2.86. The summed E-state index contributed by atoms with van der Waals surface area (Å²) in [7, 11) is 0. The normalized spacial score (nSPS) is 10.4. The number of Topliss-reactive ketones (excluding diaryl/α,β-unsaturated/α-hetero) is 1. The predicted octanol–water partition coefficient (Wildman–Crippen LogP) is 3.47. The first-order valence-corrected chi connectivity index (χ1v) is 6.60. The molecule has 1 N–H and O–H groups in total. The molecule has 0 unspecified atom stereocenters. The Morgan fingerprint density at radius 3 is 2.37 bits per heavy atom. The maximum absolute atomic E-state index is 11.1. The van der Waals surface area contributed by atoms with E-state index in [2.05, 4.69) is 0 Å². The lowest BCUT2D eigenvalue weighted by Crippen LogP contribution is -1.91. The molecule has 19 heavy (non-hydrogen) atoms. The van der Waals surface area contributed by atoms with Crippen LogP contribution in [0.5, 0.6) is 0 Å². The van der Waals surface area contributed by atoms with Crippen molar-refractivity contribution in [1.82, 2.24) is 0 Å². The van der Waals surface area contributed by atoms with E-state index in [4.69, 9.17) is 9.52 Å². The number of benzene rings is 1. The average molecular weight is 276 g/mol. The highest BCUT2D eigenvalue weighted by Gasteiger charge is 2.09. The van der Waals surface area contributed by atoms with Crippen LogP contribution in [0.1, 0.15) is 33.6 Å². The van der Waals surface area contributed by atoms with Crippen LogP contribution in [0.3, 0.4) is 0 Å². The summed E-state index contributed by atoms with van der Waals surface area (Å²) in [6, 6.07) is 10.4. The summed E-state index contributed by atoms with van der Waals surface area (Å²) < 4.78 is 5.15. The van der Waals surface area contributed by atoms with Crippen LogP contribution in [-0.2, 0) is 5.75 Å². The van der Waals surface area contributed by atoms with Gasteiger partial charge in [-0.1, -0.05) is 12.1 Å². The molecule has 0 aliphatic rings. The molecule has 2 rings (SSSR count). The van der Waals surface area contributed by atoms with E-state index < -0.39 is 5.97 Å². The second-order valence-electron chi connectivity index (χ2n) is 3.94. The summed E-state index contributed by atoms with van der Waals surface area (Å²) in [4.78, 5) is 22.8. The molecule has 4 nitrogen and oxygen atoms in total. The molecule has 0 amide bonds. The number of rotatable bonds is 5. The van der Waals surface area contributed by atoms with E-state index in [1.807, 2.05) is 12.1 Å². The molecule has 0 spiro atoms. The quantitative estimate of drug-likeness (QED) is 0.669. The van der Waals surface area contributed by atoms with E-state index >= 15 is 0 Å². The Morgan fingerprint density at radius 2 is 1.84 bits per heavy atom. The zero-order chi connectivity index (χ0) is 13.8. The number of carboxylic acids is 1. The first kappa shape index (κ1) is 13.4. The van der Waals surface area contributed by atoms with Gasteiger partial charge in [0.05, 0.1) is 5.75 Å². The van der Waals surface area contributed by atoms with Gasteiger partial charge in [-0.25, -0.2) is 4.79 Å². The number of furan rings is 1. The number of hydrogen-bond donors (Lipinski definition) is 1. The van der Waals surface area contributed by atoms with Gasteiger partial charge in [0.2, 0.25) is 5.76 Å². The minimum Gasteiger partial charge on any atom is -0.475 e. The molecule has 1 aromatic carbocycles. The molecular weight excluding hydrogens is 264 g/mol. The van der Waals surface area contributed by atoms with E-state index in [0.29, 0.717) is 17.1 Å². The summed E-state index contributed by atoms with van der Waals surface area (Å²) in [5.41, 5.74) is 0.676. The molecule has 2 aromatic rings. The zero-order valence-electron chi connectivity index (χ0n) is 10.3. The third-order valence-corrected chi connectivity index (χ3v) is 3.55. The van der Waals surface area contributed by atoms with Crippen molar-refractivity contribution in [2.45, 2.75) is 17.6 Å². The van der Waals surface area contributed by atoms with Crippen LogP contribution in [0, 0.1) is 0 Å². The van der Waals surface area contributed by atoms with Crippen LogP contribution >= 0.6 is 11.8 Å². The van der Waals surface area contributed by atoms with Gasteiger partial charge in [-0.2, -0.15) is 0 Å². The Hall–Kier alpha value is -2.01. The fourth-order valence-corrected chi connectivity index (χ4v) is 2.30. The van der Waals surface area contributed by atoms with Crippen LogP contribution in [0.4, 0.5) is 0 Å².